The fourth-order valence-corrected chi connectivity index (χ4v) is 2.03. The zero-order valence-electron chi connectivity index (χ0n) is 11.8. The highest BCUT2D eigenvalue weighted by atomic mass is 19.1. The highest BCUT2D eigenvalue weighted by Gasteiger charge is 2.29. The molecule has 2 N–H and O–H groups in total. The van der Waals surface area contributed by atoms with Gasteiger partial charge in [-0.25, -0.2) is 4.39 Å². The Kier molecular flexibility index (Phi) is 3.87. The first-order chi connectivity index (χ1) is 10.6. The van der Waals surface area contributed by atoms with Crippen LogP contribution in [0.2, 0.25) is 0 Å². The lowest BCUT2D eigenvalue weighted by atomic mass is 10.2. The summed E-state index contributed by atoms with van der Waals surface area (Å²) in [5.74, 6) is -0.497. The van der Waals surface area contributed by atoms with Crippen LogP contribution in [0.1, 0.15) is 23.2 Å². The lowest BCUT2D eigenvalue weighted by molar-refractivity contribution is -0.117. The summed E-state index contributed by atoms with van der Waals surface area (Å²) in [6, 6.07) is 12.2. The van der Waals surface area contributed by atoms with Gasteiger partial charge in [0.25, 0.3) is 5.91 Å². The third-order valence-corrected chi connectivity index (χ3v) is 3.46. The van der Waals surface area contributed by atoms with Gasteiger partial charge in [-0.2, -0.15) is 0 Å². The van der Waals surface area contributed by atoms with Crippen molar-refractivity contribution in [2.24, 2.45) is 5.92 Å². The zero-order chi connectivity index (χ0) is 15.5. The molecule has 0 heterocycles. The van der Waals surface area contributed by atoms with Crippen molar-refractivity contribution >= 4 is 23.2 Å². The quantitative estimate of drug-likeness (QED) is 0.908. The second-order valence-corrected chi connectivity index (χ2v) is 5.30. The van der Waals surface area contributed by atoms with Crippen molar-refractivity contribution in [1.29, 1.82) is 0 Å². The molecule has 0 saturated heterocycles. The van der Waals surface area contributed by atoms with Crippen LogP contribution >= 0.6 is 0 Å². The standard InChI is InChI=1S/C17H15FN2O2/c18-13-5-3-12(4-6-13)17(22)20-15-9-7-14(8-10-15)19-16(21)11-1-2-11/h3-11H,1-2H2,(H,19,21)(H,20,22). The molecule has 0 bridgehead atoms. The van der Waals surface area contributed by atoms with Crippen molar-refractivity contribution in [2.75, 3.05) is 10.6 Å². The smallest absolute Gasteiger partial charge is 0.255 e. The van der Waals surface area contributed by atoms with E-state index < -0.39 is 0 Å². The van der Waals surface area contributed by atoms with Gasteiger partial charge in [0.1, 0.15) is 5.82 Å². The van der Waals surface area contributed by atoms with Gasteiger partial charge in [0.05, 0.1) is 0 Å². The van der Waals surface area contributed by atoms with Crippen molar-refractivity contribution in [3.63, 3.8) is 0 Å². The Morgan fingerprint density at radius 3 is 1.95 bits per heavy atom. The van der Waals surface area contributed by atoms with Crippen molar-refractivity contribution < 1.29 is 14.0 Å². The normalized spacial score (nSPS) is 13.5. The molecule has 5 heteroatoms. The first kappa shape index (κ1) is 14.3. The van der Waals surface area contributed by atoms with Crippen LogP contribution < -0.4 is 10.6 Å². The lowest BCUT2D eigenvalue weighted by Crippen LogP contribution is -2.14. The van der Waals surface area contributed by atoms with Crippen molar-refractivity contribution in [2.45, 2.75) is 12.8 Å². The average molecular weight is 298 g/mol. The largest absolute Gasteiger partial charge is 0.326 e. The van der Waals surface area contributed by atoms with Gasteiger partial charge in [-0.1, -0.05) is 0 Å². The predicted octanol–water partition coefficient (Wildman–Crippen LogP) is 3.43. The Morgan fingerprint density at radius 1 is 0.864 bits per heavy atom. The molecule has 0 radical (unpaired) electrons. The van der Waals surface area contributed by atoms with Crippen molar-refractivity contribution in [1.82, 2.24) is 0 Å². The van der Waals surface area contributed by atoms with E-state index in [9.17, 15) is 14.0 Å². The molecule has 1 fully saturated rings. The minimum Gasteiger partial charge on any atom is -0.326 e. The molecular weight excluding hydrogens is 283 g/mol. The molecule has 1 aliphatic carbocycles. The van der Waals surface area contributed by atoms with E-state index in [0.29, 0.717) is 16.9 Å². The summed E-state index contributed by atoms with van der Waals surface area (Å²) < 4.78 is 12.8. The number of nitrogens with one attached hydrogen (secondary N) is 2. The molecule has 0 aliphatic heterocycles. The molecule has 2 aromatic rings. The Hall–Kier alpha value is -2.69. The summed E-state index contributed by atoms with van der Waals surface area (Å²) in [5, 5.41) is 5.55. The molecule has 1 saturated carbocycles. The van der Waals surface area contributed by atoms with Crippen LogP contribution in [0.3, 0.4) is 0 Å². The SMILES string of the molecule is O=C(Nc1ccc(NC(=O)C2CC2)cc1)c1ccc(F)cc1. The molecule has 22 heavy (non-hydrogen) atoms. The predicted molar refractivity (Wildman–Crippen MR) is 82.1 cm³/mol. The van der Waals surface area contributed by atoms with Gasteiger partial charge in [0, 0.05) is 22.9 Å². The molecule has 4 nitrogen and oxygen atoms in total. The minimum atomic E-state index is -0.382. The van der Waals surface area contributed by atoms with E-state index >= 15 is 0 Å². The number of hydrogen-bond donors (Lipinski definition) is 2. The maximum absolute atomic E-state index is 12.8. The summed E-state index contributed by atoms with van der Waals surface area (Å²) in [7, 11) is 0. The number of benzene rings is 2. The highest BCUT2D eigenvalue weighted by Crippen LogP contribution is 2.30. The number of hydrogen-bond acceptors (Lipinski definition) is 2. The van der Waals surface area contributed by atoms with Crippen LogP contribution in [0.4, 0.5) is 15.8 Å². The molecule has 0 unspecified atom stereocenters. The van der Waals surface area contributed by atoms with E-state index in [0.717, 1.165) is 12.8 Å². The monoisotopic (exact) mass is 298 g/mol. The van der Waals surface area contributed by atoms with E-state index in [1.165, 1.54) is 24.3 Å². The summed E-state index contributed by atoms with van der Waals surface area (Å²) in [5.41, 5.74) is 1.70. The number of carbonyl (C=O) groups is 2. The van der Waals surface area contributed by atoms with Crippen molar-refractivity contribution in [3.8, 4) is 0 Å². The molecule has 2 amide bonds. The van der Waals surface area contributed by atoms with E-state index in [4.69, 9.17) is 0 Å². The van der Waals surface area contributed by atoms with Crippen LogP contribution in [0.5, 0.6) is 0 Å². The maximum Gasteiger partial charge on any atom is 0.255 e. The van der Waals surface area contributed by atoms with E-state index in [1.54, 1.807) is 24.3 Å². The van der Waals surface area contributed by atoms with E-state index in [2.05, 4.69) is 10.6 Å². The Balaban J connectivity index is 1.61. The van der Waals surface area contributed by atoms with Gasteiger partial charge < -0.3 is 10.6 Å². The Bertz CT molecular complexity index is 692. The second kappa shape index (κ2) is 5.97. The number of amides is 2. The van der Waals surface area contributed by atoms with Gasteiger partial charge in [-0.3, -0.25) is 9.59 Å². The van der Waals surface area contributed by atoms with Crippen LogP contribution in [0, 0.1) is 11.7 Å². The Labute approximate surface area is 127 Å². The number of carbonyl (C=O) groups excluding carboxylic acids is 2. The Morgan fingerprint density at radius 2 is 1.41 bits per heavy atom. The van der Waals surface area contributed by atoms with Crippen LogP contribution in [-0.2, 0) is 4.79 Å². The van der Waals surface area contributed by atoms with Gasteiger partial charge >= 0.3 is 0 Å². The van der Waals surface area contributed by atoms with Gasteiger partial charge in [0.2, 0.25) is 5.91 Å². The van der Waals surface area contributed by atoms with Gasteiger partial charge in [0.15, 0.2) is 0 Å². The topological polar surface area (TPSA) is 58.2 Å². The third kappa shape index (κ3) is 3.49. The minimum absolute atomic E-state index is 0.0445. The first-order valence-electron chi connectivity index (χ1n) is 7.10. The van der Waals surface area contributed by atoms with Crippen LogP contribution in [-0.4, -0.2) is 11.8 Å². The first-order valence-corrected chi connectivity index (χ1v) is 7.10. The van der Waals surface area contributed by atoms with Crippen LogP contribution in [0.25, 0.3) is 0 Å². The zero-order valence-corrected chi connectivity index (χ0v) is 11.8. The number of rotatable bonds is 4. The number of anilines is 2. The molecule has 112 valence electrons. The highest BCUT2D eigenvalue weighted by molar-refractivity contribution is 6.04. The number of halogens is 1. The summed E-state index contributed by atoms with van der Waals surface area (Å²) in [6.45, 7) is 0. The molecule has 0 aromatic heterocycles. The molecule has 2 aromatic carbocycles. The molecule has 1 aliphatic rings. The van der Waals surface area contributed by atoms with Crippen molar-refractivity contribution in [3.05, 3.63) is 59.9 Å². The molecule has 0 atom stereocenters. The van der Waals surface area contributed by atoms with Gasteiger partial charge in [-0.15, -0.1) is 0 Å². The van der Waals surface area contributed by atoms with Gasteiger partial charge in [-0.05, 0) is 61.4 Å². The lowest BCUT2D eigenvalue weighted by Gasteiger charge is -2.08. The van der Waals surface area contributed by atoms with E-state index in [-0.39, 0.29) is 23.5 Å². The third-order valence-electron chi connectivity index (χ3n) is 3.46. The molecule has 0 spiro atoms. The second-order valence-electron chi connectivity index (χ2n) is 5.30. The molecular formula is C17H15FN2O2. The van der Waals surface area contributed by atoms with Crippen LogP contribution in [0.15, 0.2) is 48.5 Å². The summed E-state index contributed by atoms with van der Waals surface area (Å²) in [6.07, 6.45) is 1.91. The summed E-state index contributed by atoms with van der Waals surface area (Å²) >= 11 is 0. The fraction of sp³-hybridized carbons (Fsp3) is 0.176. The maximum atomic E-state index is 12.8. The fourth-order valence-electron chi connectivity index (χ4n) is 2.03. The van der Waals surface area contributed by atoms with E-state index in [1.807, 2.05) is 0 Å². The summed E-state index contributed by atoms with van der Waals surface area (Å²) in [4.78, 5) is 23.6. The average Bonchev–Trinajstić information content (AvgIpc) is 3.34. The molecule has 3 rings (SSSR count).